The molecule has 198 valence electrons. The maximum absolute atomic E-state index is 13.9. The van der Waals surface area contributed by atoms with Crippen molar-refractivity contribution in [2.75, 3.05) is 11.4 Å². The summed E-state index contributed by atoms with van der Waals surface area (Å²) in [6, 6.07) is 14.3. The van der Waals surface area contributed by atoms with Crippen LogP contribution in [0, 0.1) is 13.8 Å². The predicted molar refractivity (Wildman–Crippen MR) is 152 cm³/mol. The van der Waals surface area contributed by atoms with Crippen LogP contribution in [0.3, 0.4) is 0 Å². The van der Waals surface area contributed by atoms with Gasteiger partial charge in [0.25, 0.3) is 5.91 Å². The van der Waals surface area contributed by atoms with E-state index in [1.165, 1.54) is 11.3 Å². The van der Waals surface area contributed by atoms with Crippen molar-refractivity contribution in [3.05, 3.63) is 83.2 Å². The number of rotatable bonds is 7. The predicted octanol–water partition coefficient (Wildman–Crippen LogP) is 6.11. The van der Waals surface area contributed by atoms with E-state index in [-0.39, 0.29) is 16.8 Å². The summed E-state index contributed by atoms with van der Waals surface area (Å²) in [6.45, 7) is 6.96. The van der Waals surface area contributed by atoms with Crippen molar-refractivity contribution in [1.29, 1.82) is 0 Å². The monoisotopic (exact) mass is 548 g/mol. The third-order valence-electron chi connectivity index (χ3n) is 7.10. The summed E-state index contributed by atoms with van der Waals surface area (Å²) in [4.78, 5) is 24.7. The first-order chi connectivity index (χ1) is 18.3. The fourth-order valence-corrected chi connectivity index (χ4v) is 7.92. The minimum atomic E-state index is -3.62. The van der Waals surface area contributed by atoms with Gasteiger partial charge in [-0.2, -0.15) is 4.31 Å². The molecule has 2 aromatic carbocycles. The summed E-state index contributed by atoms with van der Waals surface area (Å²) in [5.41, 5.74) is 4.39. The second-order valence-electron chi connectivity index (χ2n) is 9.88. The van der Waals surface area contributed by atoms with E-state index < -0.39 is 10.0 Å². The number of aromatic nitrogens is 2. The van der Waals surface area contributed by atoms with Gasteiger partial charge in [-0.25, -0.2) is 13.4 Å². The molecule has 0 aliphatic carbocycles. The van der Waals surface area contributed by atoms with Crippen molar-refractivity contribution in [1.82, 2.24) is 14.3 Å². The number of fused-ring (bicyclic) bond motifs is 1. The maximum Gasteiger partial charge on any atom is 0.260 e. The van der Waals surface area contributed by atoms with Crippen molar-refractivity contribution in [3.63, 3.8) is 0 Å². The van der Waals surface area contributed by atoms with Crippen LogP contribution in [0.2, 0.25) is 0 Å². The topological polar surface area (TPSA) is 83.5 Å². The SMILES string of the molecule is CCC1CCCCN1S(=O)(=O)c1ccc(C(=O)N(Cc2cccnc2)c2nc3cc(C)cc(C)c3s2)cc1. The number of thiazole rings is 1. The van der Waals surface area contributed by atoms with Gasteiger partial charge in [0.15, 0.2) is 5.13 Å². The third-order valence-corrected chi connectivity index (χ3v) is 10.3. The molecule has 1 fully saturated rings. The lowest BCUT2D eigenvalue weighted by atomic mass is 10.0. The van der Waals surface area contributed by atoms with Gasteiger partial charge < -0.3 is 0 Å². The number of anilines is 1. The molecule has 3 heterocycles. The first kappa shape index (κ1) is 26.5. The number of pyridine rings is 1. The number of piperidine rings is 1. The zero-order chi connectivity index (χ0) is 26.9. The standard InChI is InChI=1S/C29H32N4O3S2/c1-4-24-9-5-6-15-33(24)38(35,36)25-12-10-23(11-13-25)28(34)32(19-22-8-7-14-30-18-22)29-31-26-17-20(2)16-21(3)27(26)37-29/h7-8,10-14,16-18,24H,4-6,9,15,19H2,1-3H3. The van der Waals surface area contributed by atoms with Crippen LogP contribution >= 0.6 is 11.3 Å². The highest BCUT2D eigenvalue weighted by Gasteiger charge is 2.32. The molecule has 1 aliphatic heterocycles. The summed E-state index contributed by atoms with van der Waals surface area (Å²) in [7, 11) is -3.62. The van der Waals surface area contributed by atoms with Crippen LogP contribution in [0.5, 0.6) is 0 Å². The molecular weight excluding hydrogens is 516 g/mol. The molecule has 0 saturated carbocycles. The highest BCUT2D eigenvalue weighted by Crippen LogP contribution is 2.34. The van der Waals surface area contributed by atoms with E-state index in [1.54, 1.807) is 45.9 Å². The summed E-state index contributed by atoms with van der Waals surface area (Å²) in [6.07, 6.45) is 7.04. The second kappa shape index (κ2) is 10.9. The number of benzene rings is 2. The molecule has 2 aromatic heterocycles. The summed E-state index contributed by atoms with van der Waals surface area (Å²) in [5.74, 6) is -0.240. The molecule has 1 amide bonds. The van der Waals surface area contributed by atoms with Crippen molar-refractivity contribution in [2.45, 2.75) is 63.9 Å². The Morgan fingerprint density at radius 3 is 2.63 bits per heavy atom. The van der Waals surface area contributed by atoms with Gasteiger partial charge in [-0.1, -0.05) is 36.8 Å². The fourth-order valence-electron chi connectivity index (χ4n) is 5.14. The largest absolute Gasteiger partial charge is 0.279 e. The Balaban J connectivity index is 1.48. The quantitative estimate of drug-likeness (QED) is 0.278. The molecule has 4 aromatic rings. The Morgan fingerprint density at radius 1 is 1.13 bits per heavy atom. The summed E-state index contributed by atoms with van der Waals surface area (Å²) < 4.78 is 29.5. The van der Waals surface area contributed by atoms with Crippen LogP contribution in [0.4, 0.5) is 5.13 Å². The lowest BCUT2D eigenvalue weighted by molar-refractivity contribution is 0.0985. The smallest absolute Gasteiger partial charge is 0.260 e. The van der Waals surface area contributed by atoms with Crippen LogP contribution in [0.1, 0.15) is 59.7 Å². The third kappa shape index (κ3) is 5.23. The second-order valence-corrected chi connectivity index (χ2v) is 12.7. The molecule has 1 aliphatic rings. The number of aryl methyl sites for hydroxylation is 2. The lowest BCUT2D eigenvalue weighted by Crippen LogP contribution is -2.43. The number of hydrogen-bond acceptors (Lipinski definition) is 6. The molecule has 0 N–H and O–H groups in total. The maximum atomic E-state index is 13.9. The molecule has 1 unspecified atom stereocenters. The number of sulfonamides is 1. The number of hydrogen-bond donors (Lipinski definition) is 0. The fraction of sp³-hybridized carbons (Fsp3) is 0.345. The van der Waals surface area contributed by atoms with Crippen molar-refractivity contribution in [3.8, 4) is 0 Å². The van der Waals surface area contributed by atoms with Gasteiger partial charge in [0.1, 0.15) is 0 Å². The van der Waals surface area contributed by atoms with E-state index in [4.69, 9.17) is 4.98 Å². The number of amides is 1. The van der Waals surface area contributed by atoms with Gasteiger partial charge in [0.2, 0.25) is 10.0 Å². The molecular formula is C29H32N4O3S2. The average Bonchev–Trinajstić information content (AvgIpc) is 3.36. The Kier molecular flexibility index (Phi) is 7.61. The van der Waals surface area contributed by atoms with Gasteiger partial charge in [-0.3, -0.25) is 14.7 Å². The average molecular weight is 549 g/mol. The van der Waals surface area contributed by atoms with Gasteiger partial charge in [0.05, 0.1) is 21.7 Å². The van der Waals surface area contributed by atoms with E-state index >= 15 is 0 Å². The number of nitrogens with zero attached hydrogens (tertiary/aromatic N) is 4. The van der Waals surface area contributed by atoms with E-state index in [2.05, 4.69) is 18.0 Å². The highest BCUT2D eigenvalue weighted by atomic mass is 32.2. The number of carbonyl (C=O) groups is 1. The Hall–Kier alpha value is -3.14. The van der Waals surface area contributed by atoms with Crippen LogP contribution in [-0.2, 0) is 16.6 Å². The first-order valence-corrected chi connectivity index (χ1v) is 15.2. The van der Waals surface area contributed by atoms with Gasteiger partial charge in [0, 0.05) is 30.5 Å². The molecule has 5 rings (SSSR count). The van der Waals surface area contributed by atoms with E-state index in [1.807, 2.05) is 32.0 Å². The molecule has 0 radical (unpaired) electrons. The summed E-state index contributed by atoms with van der Waals surface area (Å²) in [5, 5.41) is 0.596. The van der Waals surface area contributed by atoms with Gasteiger partial charge in [-0.15, -0.1) is 0 Å². The zero-order valence-corrected chi connectivity index (χ0v) is 23.6. The highest BCUT2D eigenvalue weighted by molar-refractivity contribution is 7.89. The molecule has 0 bridgehead atoms. The molecule has 38 heavy (non-hydrogen) atoms. The minimum absolute atomic E-state index is 0.0242. The van der Waals surface area contributed by atoms with Crippen LogP contribution in [0.25, 0.3) is 10.2 Å². The van der Waals surface area contributed by atoms with Crippen molar-refractivity contribution in [2.24, 2.45) is 0 Å². The normalized spacial score (nSPS) is 16.6. The number of carbonyl (C=O) groups excluding carboxylic acids is 1. The first-order valence-electron chi connectivity index (χ1n) is 13.0. The van der Waals surface area contributed by atoms with Gasteiger partial charge >= 0.3 is 0 Å². The van der Waals surface area contributed by atoms with E-state index in [9.17, 15) is 13.2 Å². The van der Waals surface area contributed by atoms with Crippen LogP contribution < -0.4 is 4.90 Å². The van der Waals surface area contributed by atoms with Crippen molar-refractivity contribution < 1.29 is 13.2 Å². The molecule has 7 nitrogen and oxygen atoms in total. The minimum Gasteiger partial charge on any atom is -0.279 e. The Bertz CT molecular complexity index is 1550. The Labute approximate surface area is 228 Å². The van der Waals surface area contributed by atoms with Gasteiger partial charge in [-0.05, 0) is 86.2 Å². The van der Waals surface area contributed by atoms with E-state index in [0.29, 0.717) is 23.8 Å². The van der Waals surface area contributed by atoms with Crippen LogP contribution in [0.15, 0.2) is 65.8 Å². The molecule has 0 spiro atoms. The Morgan fingerprint density at radius 2 is 1.92 bits per heavy atom. The van der Waals surface area contributed by atoms with Crippen LogP contribution in [-0.4, -0.2) is 41.2 Å². The van der Waals surface area contributed by atoms with E-state index in [0.717, 1.165) is 52.6 Å². The summed E-state index contributed by atoms with van der Waals surface area (Å²) >= 11 is 1.48. The molecule has 1 saturated heterocycles. The lowest BCUT2D eigenvalue weighted by Gasteiger charge is -2.34. The molecule has 9 heteroatoms. The zero-order valence-electron chi connectivity index (χ0n) is 21.9. The van der Waals surface area contributed by atoms with Crippen molar-refractivity contribution >= 4 is 42.6 Å². The molecule has 1 atom stereocenters.